The molecule has 0 spiro atoms. The summed E-state index contributed by atoms with van der Waals surface area (Å²) in [6.07, 6.45) is -4.60. The van der Waals surface area contributed by atoms with Crippen molar-refractivity contribution in [2.75, 3.05) is 5.32 Å². The second-order valence-electron chi connectivity index (χ2n) is 3.72. The normalized spacial score (nSPS) is 11.4. The summed E-state index contributed by atoms with van der Waals surface area (Å²) in [5.41, 5.74) is -1.34. The number of amides is 1. The van der Waals surface area contributed by atoms with E-state index in [-0.39, 0.29) is 15.7 Å². The van der Waals surface area contributed by atoms with E-state index in [1.165, 1.54) is 18.2 Å². The highest BCUT2D eigenvalue weighted by atomic mass is 35.5. The Labute approximate surface area is 120 Å². The number of nitrogens with zero attached hydrogens (tertiary/aromatic N) is 1. The van der Waals surface area contributed by atoms with E-state index in [2.05, 4.69) is 10.4 Å². The maximum absolute atomic E-state index is 12.4. The fourth-order valence-electron chi connectivity index (χ4n) is 1.37. The largest absolute Gasteiger partial charge is 0.432 e. The van der Waals surface area contributed by atoms with E-state index in [1.54, 1.807) is 5.10 Å². The molecule has 0 radical (unpaired) electrons. The number of carbonyl (C=O) groups is 1. The second-order valence-corrected chi connectivity index (χ2v) is 4.51. The Bertz CT molecular complexity index is 655. The number of halogens is 5. The lowest BCUT2D eigenvalue weighted by Gasteiger charge is -2.06. The van der Waals surface area contributed by atoms with Gasteiger partial charge in [-0.05, 0) is 12.1 Å². The molecular formula is C11H6Cl2F3N3O. The lowest BCUT2D eigenvalue weighted by atomic mass is 10.3. The van der Waals surface area contributed by atoms with E-state index in [1.807, 2.05) is 0 Å². The predicted octanol–water partition coefficient (Wildman–Crippen LogP) is 3.99. The van der Waals surface area contributed by atoms with E-state index >= 15 is 0 Å². The van der Waals surface area contributed by atoms with Gasteiger partial charge in [0.25, 0.3) is 5.91 Å². The molecule has 1 aromatic carbocycles. The van der Waals surface area contributed by atoms with Crippen LogP contribution in [0.3, 0.4) is 0 Å². The van der Waals surface area contributed by atoms with Crippen LogP contribution in [0.15, 0.2) is 24.3 Å². The van der Waals surface area contributed by atoms with Crippen molar-refractivity contribution < 1.29 is 18.0 Å². The van der Waals surface area contributed by atoms with Gasteiger partial charge in [-0.25, -0.2) is 0 Å². The van der Waals surface area contributed by atoms with Crippen molar-refractivity contribution in [2.45, 2.75) is 6.18 Å². The second kappa shape index (κ2) is 5.34. The number of anilines is 1. The molecule has 0 aliphatic rings. The molecule has 9 heteroatoms. The third-order valence-electron chi connectivity index (χ3n) is 2.32. The highest BCUT2D eigenvalue weighted by molar-refractivity contribution is 6.44. The number of nitrogens with one attached hydrogen (secondary N) is 2. The standard InChI is InChI=1S/C11H6Cl2F3N3O/c12-5-2-1-3-6(9(5)13)17-10(20)7-4-8(19-18-7)11(14,15)16/h1-4H,(H,17,20)(H,18,19). The number of rotatable bonds is 2. The molecule has 0 bridgehead atoms. The minimum absolute atomic E-state index is 0.0918. The SMILES string of the molecule is O=C(Nc1cccc(Cl)c1Cl)c1cc(C(F)(F)F)[nH]n1. The van der Waals surface area contributed by atoms with Gasteiger partial charge in [0, 0.05) is 6.07 Å². The summed E-state index contributed by atoms with van der Waals surface area (Å²) in [7, 11) is 0. The third-order valence-corrected chi connectivity index (χ3v) is 3.13. The van der Waals surface area contributed by atoms with Crippen LogP contribution in [0, 0.1) is 0 Å². The van der Waals surface area contributed by atoms with E-state index < -0.39 is 23.5 Å². The summed E-state index contributed by atoms with van der Waals surface area (Å²) in [5.74, 6) is -0.832. The molecule has 0 saturated carbocycles. The molecule has 1 aromatic heterocycles. The highest BCUT2D eigenvalue weighted by Crippen LogP contribution is 2.30. The molecule has 0 unspecified atom stereocenters. The van der Waals surface area contributed by atoms with Crippen LogP contribution in [-0.4, -0.2) is 16.1 Å². The predicted molar refractivity (Wildman–Crippen MR) is 68.0 cm³/mol. The van der Waals surface area contributed by atoms with Gasteiger partial charge in [-0.3, -0.25) is 9.89 Å². The Kier molecular flexibility index (Phi) is 3.92. The Balaban J connectivity index is 2.20. The molecule has 106 valence electrons. The van der Waals surface area contributed by atoms with E-state index in [4.69, 9.17) is 23.2 Å². The maximum atomic E-state index is 12.4. The van der Waals surface area contributed by atoms with E-state index in [0.29, 0.717) is 6.07 Å². The van der Waals surface area contributed by atoms with Crippen molar-refractivity contribution >= 4 is 34.8 Å². The van der Waals surface area contributed by atoms with Gasteiger partial charge >= 0.3 is 6.18 Å². The van der Waals surface area contributed by atoms with Crippen LogP contribution in [0.2, 0.25) is 10.0 Å². The van der Waals surface area contributed by atoms with Crippen molar-refractivity contribution in [1.82, 2.24) is 10.2 Å². The number of alkyl halides is 3. The third kappa shape index (κ3) is 3.05. The van der Waals surface area contributed by atoms with Crippen LogP contribution < -0.4 is 5.32 Å². The van der Waals surface area contributed by atoms with Crippen molar-refractivity contribution in [3.63, 3.8) is 0 Å². The van der Waals surface area contributed by atoms with Gasteiger partial charge in [0.05, 0.1) is 15.7 Å². The molecule has 0 aliphatic heterocycles. The van der Waals surface area contributed by atoms with Gasteiger partial charge in [-0.2, -0.15) is 18.3 Å². The zero-order chi connectivity index (χ0) is 14.9. The van der Waals surface area contributed by atoms with Crippen molar-refractivity contribution in [3.8, 4) is 0 Å². The quantitative estimate of drug-likeness (QED) is 0.878. The van der Waals surface area contributed by atoms with Gasteiger partial charge in [0.15, 0.2) is 5.69 Å². The molecule has 1 amide bonds. The van der Waals surface area contributed by atoms with Gasteiger partial charge in [-0.15, -0.1) is 0 Å². The summed E-state index contributed by atoms with van der Waals surface area (Å²) in [4.78, 5) is 11.8. The van der Waals surface area contributed by atoms with Crippen LogP contribution >= 0.6 is 23.2 Å². The van der Waals surface area contributed by atoms with E-state index in [9.17, 15) is 18.0 Å². The number of benzene rings is 1. The van der Waals surface area contributed by atoms with Crippen LogP contribution in [0.1, 0.15) is 16.2 Å². The molecule has 20 heavy (non-hydrogen) atoms. The van der Waals surface area contributed by atoms with E-state index in [0.717, 1.165) is 0 Å². The zero-order valence-electron chi connectivity index (χ0n) is 9.55. The lowest BCUT2D eigenvalue weighted by molar-refractivity contribution is -0.141. The van der Waals surface area contributed by atoms with Crippen LogP contribution in [0.25, 0.3) is 0 Å². The minimum Gasteiger partial charge on any atom is -0.319 e. The number of hydrogen-bond acceptors (Lipinski definition) is 2. The fourth-order valence-corrected chi connectivity index (χ4v) is 1.72. The number of aromatic amines is 1. The number of aromatic nitrogens is 2. The van der Waals surface area contributed by atoms with Gasteiger partial charge in [-0.1, -0.05) is 29.3 Å². The minimum atomic E-state index is -4.60. The molecule has 4 nitrogen and oxygen atoms in total. The number of H-pyrrole nitrogens is 1. The first-order chi connectivity index (χ1) is 9.29. The molecule has 0 aliphatic carbocycles. The average Bonchev–Trinajstić information content (AvgIpc) is 2.84. The molecule has 0 fully saturated rings. The molecule has 0 saturated heterocycles. The summed E-state index contributed by atoms with van der Waals surface area (Å²) in [6.45, 7) is 0. The van der Waals surface area contributed by atoms with Gasteiger partial charge < -0.3 is 5.32 Å². The molecule has 1 heterocycles. The van der Waals surface area contributed by atoms with Gasteiger partial charge in [0.2, 0.25) is 0 Å². The maximum Gasteiger partial charge on any atom is 0.432 e. The zero-order valence-corrected chi connectivity index (χ0v) is 11.1. The molecule has 0 atom stereocenters. The summed E-state index contributed by atoms with van der Waals surface area (Å²) < 4.78 is 37.1. The van der Waals surface area contributed by atoms with Crippen LogP contribution in [0.4, 0.5) is 18.9 Å². The summed E-state index contributed by atoms with van der Waals surface area (Å²) in [6, 6.07) is 5.11. The monoisotopic (exact) mass is 323 g/mol. The fraction of sp³-hybridized carbons (Fsp3) is 0.0909. The van der Waals surface area contributed by atoms with Crippen LogP contribution in [0.5, 0.6) is 0 Å². The highest BCUT2D eigenvalue weighted by Gasteiger charge is 2.33. The van der Waals surface area contributed by atoms with Crippen molar-refractivity contribution in [3.05, 3.63) is 45.7 Å². The summed E-state index contributed by atoms with van der Waals surface area (Å²) >= 11 is 11.6. The molecular weight excluding hydrogens is 318 g/mol. The molecule has 2 N–H and O–H groups in total. The molecule has 2 rings (SSSR count). The Morgan fingerprint density at radius 2 is 2.00 bits per heavy atom. The molecule has 2 aromatic rings. The first-order valence-corrected chi connectivity index (χ1v) is 5.92. The summed E-state index contributed by atoms with van der Waals surface area (Å²) in [5, 5.41) is 7.67. The van der Waals surface area contributed by atoms with Gasteiger partial charge in [0.1, 0.15) is 5.69 Å². The number of hydrogen-bond donors (Lipinski definition) is 2. The Morgan fingerprint density at radius 3 is 2.60 bits per heavy atom. The van der Waals surface area contributed by atoms with Crippen LogP contribution in [-0.2, 0) is 6.18 Å². The average molecular weight is 324 g/mol. The first kappa shape index (κ1) is 14.7. The topological polar surface area (TPSA) is 57.8 Å². The number of carbonyl (C=O) groups excluding carboxylic acids is 1. The smallest absolute Gasteiger partial charge is 0.319 e. The van der Waals surface area contributed by atoms with Crippen molar-refractivity contribution in [2.24, 2.45) is 0 Å². The van der Waals surface area contributed by atoms with Crippen molar-refractivity contribution in [1.29, 1.82) is 0 Å². The lowest BCUT2D eigenvalue weighted by Crippen LogP contribution is -2.12. The Hall–Kier alpha value is -1.73. The first-order valence-electron chi connectivity index (χ1n) is 5.17. The Morgan fingerprint density at radius 1 is 1.30 bits per heavy atom.